The SMILES string of the molecule is CN(CC#N)C(=O)/C=C/c1ccc(-n2ccnc2)cc1. The van der Waals surface area contributed by atoms with Crippen molar-refractivity contribution in [2.45, 2.75) is 0 Å². The van der Waals surface area contributed by atoms with Gasteiger partial charge in [-0.25, -0.2) is 4.98 Å². The number of nitrogens with zero attached hydrogens (tertiary/aromatic N) is 4. The minimum Gasteiger partial charge on any atom is -0.329 e. The molecule has 1 amide bonds. The summed E-state index contributed by atoms with van der Waals surface area (Å²) in [5, 5.41) is 8.52. The lowest BCUT2D eigenvalue weighted by atomic mass is 10.2. The third-order valence-electron chi connectivity index (χ3n) is 2.80. The Bertz CT molecular complexity index is 636. The Kier molecular flexibility index (Phi) is 4.30. The predicted molar refractivity (Wildman–Crippen MR) is 75.8 cm³/mol. The van der Waals surface area contributed by atoms with Gasteiger partial charge in [0.05, 0.1) is 12.4 Å². The molecule has 0 radical (unpaired) electrons. The molecule has 2 rings (SSSR count). The van der Waals surface area contributed by atoms with Crippen molar-refractivity contribution in [2.24, 2.45) is 0 Å². The van der Waals surface area contributed by atoms with Crippen LogP contribution in [0.1, 0.15) is 5.56 Å². The van der Waals surface area contributed by atoms with Crippen molar-refractivity contribution in [3.05, 3.63) is 54.6 Å². The first-order chi connectivity index (χ1) is 9.70. The van der Waals surface area contributed by atoms with Gasteiger partial charge in [-0.05, 0) is 23.8 Å². The van der Waals surface area contributed by atoms with Crippen LogP contribution in [0, 0.1) is 11.3 Å². The Morgan fingerprint density at radius 2 is 2.20 bits per heavy atom. The van der Waals surface area contributed by atoms with Gasteiger partial charge in [-0.3, -0.25) is 4.79 Å². The van der Waals surface area contributed by atoms with Gasteiger partial charge in [-0.15, -0.1) is 0 Å². The molecule has 1 heterocycles. The Balaban J connectivity index is 2.04. The molecule has 1 aromatic carbocycles. The Labute approximate surface area is 117 Å². The number of carbonyl (C=O) groups is 1. The number of hydrogen-bond donors (Lipinski definition) is 0. The van der Waals surface area contributed by atoms with E-state index in [1.165, 1.54) is 11.0 Å². The normalized spacial score (nSPS) is 10.4. The first-order valence-electron chi connectivity index (χ1n) is 6.09. The first kappa shape index (κ1) is 13.6. The van der Waals surface area contributed by atoms with Crippen LogP contribution < -0.4 is 0 Å². The van der Waals surface area contributed by atoms with Crippen molar-refractivity contribution >= 4 is 12.0 Å². The number of aromatic nitrogens is 2. The highest BCUT2D eigenvalue weighted by molar-refractivity contribution is 5.91. The molecular weight excluding hydrogens is 252 g/mol. The molecule has 0 N–H and O–H groups in total. The smallest absolute Gasteiger partial charge is 0.247 e. The lowest BCUT2D eigenvalue weighted by molar-refractivity contribution is -0.124. The van der Waals surface area contributed by atoms with E-state index in [2.05, 4.69) is 4.98 Å². The van der Waals surface area contributed by atoms with Crippen LogP contribution in [0.4, 0.5) is 0 Å². The van der Waals surface area contributed by atoms with Gasteiger partial charge in [-0.2, -0.15) is 5.26 Å². The van der Waals surface area contributed by atoms with Crippen LogP contribution in [-0.4, -0.2) is 34.0 Å². The van der Waals surface area contributed by atoms with E-state index < -0.39 is 0 Å². The summed E-state index contributed by atoms with van der Waals surface area (Å²) in [6.45, 7) is 0.0861. The summed E-state index contributed by atoms with van der Waals surface area (Å²) in [7, 11) is 1.60. The van der Waals surface area contributed by atoms with Gasteiger partial charge in [0.25, 0.3) is 0 Å². The van der Waals surface area contributed by atoms with E-state index in [-0.39, 0.29) is 12.5 Å². The zero-order valence-electron chi connectivity index (χ0n) is 11.1. The lowest BCUT2D eigenvalue weighted by Gasteiger charge is -2.09. The number of amides is 1. The summed E-state index contributed by atoms with van der Waals surface area (Å²) in [5.41, 5.74) is 1.93. The van der Waals surface area contributed by atoms with Gasteiger partial charge in [0.15, 0.2) is 0 Å². The quantitative estimate of drug-likeness (QED) is 0.627. The molecule has 0 spiro atoms. The highest BCUT2D eigenvalue weighted by Crippen LogP contribution is 2.10. The molecule has 20 heavy (non-hydrogen) atoms. The number of nitriles is 1. The van der Waals surface area contributed by atoms with Gasteiger partial charge < -0.3 is 9.47 Å². The van der Waals surface area contributed by atoms with E-state index in [4.69, 9.17) is 5.26 Å². The van der Waals surface area contributed by atoms with Crippen LogP contribution in [0.15, 0.2) is 49.1 Å². The van der Waals surface area contributed by atoms with Crippen LogP contribution in [-0.2, 0) is 4.79 Å². The molecule has 100 valence electrons. The summed E-state index contributed by atoms with van der Waals surface area (Å²) < 4.78 is 1.90. The molecule has 5 nitrogen and oxygen atoms in total. The summed E-state index contributed by atoms with van der Waals surface area (Å²) >= 11 is 0. The van der Waals surface area contributed by atoms with Gasteiger partial charge in [0, 0.05) is 31.2 Å². The van der Waals surface area contributed by atoms with Crippen molar-refractivity contribution in [1.82, 2.24) is 14.5 Å². The van der Waals surface area contributed by atoms with E-state index in [9.17, 15) is 4.79 Å². The fraction of sp³-hybridized carbons (Fsp3) is 0.133. The molecule has 0 fully saturated rings. The maximum absolute atomic E-state index is 11.6. The second-order valence-electron chi connectivity index (χ2n) is 4.25. The molecular formula is C15H14N4O. The molecule has 0 saturated carbocycles. The molecule has 0 saturated heterocycles. The van der Waals surface area contributed by atoms with Crippen molar-refractivity contribution in [3.8, 4) is 11.8 Å². The third-order valence-corrected chi connectivity index (χ3v) is 2.80. The van der Waals surface area contributed by atoms with Crippen molar-refractivity contribution in [2.75, 3.05) is 13.6 Å². The average Bonchev–Trinajstić information content (AvgIpc) is 2.99. The zero-order chi connectivity index (χ0) is 14.4. The molecule has 1 aromatic heterocycles. The molecule has 5 heteroatoms. The van der Waals surface area contributed by atoms with Crippen LogP contribution in [0.25, 0.3) is 11.8 Å². The van der Waals surface area contributed by atoms with Crippen LogP contribution in [0.3, 0.4) is 0 Å². The number of rotatable bonds is 4. The Morgan fingerprint density at radius 1 is 1.45 bits per heavy atom. The maximum Gasteiger partial charge on any atom is 0.247 e. The minimum atomic E-state index is -0.190. The molecule has 2 aromatic rings. The number of likely N-dealkylation sites (N-methyl/N-ethyl adjacent to an activating group) is 1. The zero-order valence-corrected chi connectivity index (χ0v) is 11.1. The van der Waals surface area contributed by atoms with E-state index in [1.54, 1.807) is 25.6 Å². The van der Waals surface area contributed by atoms with Crippen LogP contribution in [0.5, 0.6) is 0 Å². The number of benzene rings is 1. The molecule has 0 unspecified atom stereocenters. The Hall–Kier alpha value is -2.87. The van der Waals surface area contributed by atoms with Crippen LogP contribution >= 0.6 is 0 Å². The molecule has 0 aliphatic heterocycles. The minimum absolute atomic E-state index is 0.0861. The largest absolute Gasteiger partial charge is 0.329 e. The van der Waals surface area contributed by atoms with Crippen molar-refractivity contribution in [3.63, 3.8) is 0 Å². The first-order valence-corrected chi connectivity index (χ1v) is 6.09. The fourth-order valence-corrected chi connectivity index (χ4v) is 1.65. The second-order valence-corrected chi connectivity index (χ2v) is 4.25. The van der Waals surface area contributed by atoms with E-state index in [0.29, 0.717) is 0 Å². The highest BCUT2D eigenvalue weighted by atomic mass is 16.2. The second kappa shape index (κ2) is 6.34. The monoisotopic (exact) mass is 266 g/mol. The maximum atomic E-state index is 11.6. The summed E-state index contributed by atoms with van der Waals surface area (Å²) in [5.74, 6) is -0.190. The van der Waals surface area contributed by atoms with E-state index in [1.807, 2.05) is 41.1 Å². The molecule has 0 bridgehead atoms. The van der Waals surface area contributed by atoms with Crippen molar-refractivity contribution in [1.29, 1.82) is 5.26 Å². The van der Waals surface area contributed by atoms with Gasteiger partial charge in [0.2, 0.25) is 5.91 Å². The van der Waals surface area contributed by atoms with Gasteiger partial charge >= 0.3 is 0 Å². The summed E-state index contributed by atoms with van der Waals surface area (Å²) in [6.07, 6.45) is 8.51. The van der Waals surface area contributed by atoms with Crippen molar-refractivity contribution < 1.29 is 4.79 Å². The molecule has 0 aliphatic carbocycles. The molecule has 0 aliphatic rings. The predicted octanol–water partition coefficient (Wildman–Crippen LogP) is 1.87. The van der Waals surface area contributed by atoms with E-state index >= 15 is 0 Å². The van der Waals surface area contributed by atoms with E-state index in [0.717, 1.165) is 11.3 Å². The highest BCUT2D eigenvalue weighted by Gasteiger charge is 2.02. The Morgan fingerprint density at radius 3 is 2.80 bits per heavy atom. The number of carbonyl (C=O) groups excluding carboxylic acids is 1. The standard InChI is InChI=1S/C15H14N4O/c1-18(10-8-16)15(20)7-4-13-2-5-14(6-3-13)19-11-9-17-12-19/h2-7,9,11-12H,10H2,1H3/b7-4+. The van der Waals surface area contributed by atoms with Crippen LogP contribution in [0.2, 0.25) is 0 Å². The summed E-state index contributed by atoms with van der Waals surface area (Å²) in [6, 6.07) is 9.67. The van der Waals surface area contributed by atoms with Gasteiger partial charge in [0.1, 0.15) is 6.54 Å². The third kappa shape index (κ3) is 3.33. The lowest BCUT2D eigenvalue weighted by Crippen LogP contribution is -2.24. The average molecular weight is 266 g/mol. The fourth-order valence-electron chi connectivity index (χ4n) is 1.65. The number of imidazole rings is 1. The topological polar surface area (TPSA) is 61.9 Å². The molecule has 0 atom stereocenters. The van der Waals surface area contributed by atoms with Gasteiger partial charge in [-0.1, -0.05) is 12.1 Å². The summed E-state index contributed by atoms with van der Waals surface area (Å²) in [4.78, 5) is 17.0. The number of hydrogen-bond acceptors (Lipinski definition) is 3.